The number of unbranched alkanes of at least 4 members (excludes halogenated alkanes) is 2. The van der Waals surface area contributed by atoms with Gasteiger partial charge in [0.25, 0.3) is 0 Å². The van der Waals surface area contributed by atoms with Crippen LogP contribution in [0.3, 0.4) is 0 Å². The van der Waals surface area contributed by atoms with Crippen molar-refractivity contribution in [2.24, 2.45) is 5.92 Å². The predicted octanol–water partition coefficient (Wildman–Crippen LogP) is 4.90. The van der Waals surface area contributed by atoms with Crippen molar-refractivity contribution in [3.8, 4) is 0 Å². The van der Waals surface area contributed by atoms with Gasteiger partial charge in [-0.05, 0) is 43.7 Å². The van der Waals surface area contributed by atoms with Crippen LogP contribution in [0.2, 0.25) is 0 Å². The highest BCUT2D eigenvalue weighted by atomic mass is 16.5. The maximum absolute atomic E-state index is 11.9. The summed E-state index contributed by atoms with van der Waals surface area (Å²) < 4.78 is 16.7. The summed E-state index contributed by atoms with van der Waals surface area (Å²) in [7, 11) is 0. The van der Waals surface area contributed by atoms with Gasteiger partial charge in [0.05, 0.1) is 38.1 Å². The van der Waals surface area contributed by atoms with Gasteiger partial charge in [-0.3, -0.25) is 0 Å². The molecule has 188 valence electrons. The Balaban J connectivity index is 1.92. The number of hydrogen-bond acceptors (Lipinski definition) is 6. The minimum Gasteiger partial charge on any atom is -0.462 e. The molecule has 0 radical (unpaired) electrons. The number of aliphatic hydroxyl groups excluding tert-OH is 1. The van der Waals surface area contributed by atoms with E-state index in [1.165, 1.54) is 24.8 Å². The molecule has 6 nitrogen and oxygen atoms in total. The Kier molecular flexibility index (Phi) is 12.1. The third-order valence-corrected chi connectivity index (χ3v) is 6.20. The second-order valence-electron chi connectivity index (χ2n) is 9.28. The molecule has 2 rings (SSSR count). The van der Waals surface area contributed by atoms with E-state index in [1.807, 2.05) is 0 Å². The highest BCUT2D eigenvalue weighted by Gasteiger charge is 2.23. The van der Waals surface area contributed by atoms with Crippen LogP contribution in [0.25, 0.3) is 0 Å². The fourth-order valence-corrected chi connectivity index (χ4v) is 4.02. The molecule has 1 aromatic rings. The van der Waals surface area contributed by atoms with E-state index < -0.39 is 18.5 Å². The van der Waals surface area contributed by atoms with Crippen molar-refractivity contribution in [3.63, 3.8) is 0 Å². The van der Waals surface area contributed by atoms with Crippen molar-refractivity contribution < 1.29 is 28.9 Å². The number of rotatable bonds is 14. The molecule has 1 heterocycles. The van der Waals surface area contributed by atoms with E-state index in [4.69, 9.17) is 19.3 Å². The summed E-state index contributed by atoms with van der Waals surface area (Å²) in [5, 5.41) is 9.05. The first-order chi connectivity index (χ1) is 16.3. The predicted molar refractivity (Wildman–Crippen MR) is 132 cm³/mol. The first-order valence-electron chi connectivity index (χ1n) is 12.3. The number of ether oxygens (including phenoxy) is 3. The van der Waals surface area contributed by atoms with Crippen molar-refractivity contribution in [2.45, 2.75) is 70.8 Å². The quantitative estimate of drug-likeness (QED) is 0.236. The van der Waals surface area contributed by atoms with Crippen molar-refractivity contribution in [1.29, 1.82) is 0 Å². The lowest BCUT2D eigenvalue weighted by atomic mass is 9.89. The van der Waals surface area contributed by atoms with Gasteiger partial charge in [-0.2, -0.15) is 0 Å². The van der Waals surface area contributed by atoms with Gasteiger partial charge in [-0.25, -0.2) is 9.59 Å². The van der Waals surface area contributed by atoms with Crippen molar-refractivity contribution in [2.75, 3.05) is 26.4 Å². The van der Waals surface area contributed by atoms with Gasteiger partial charge >= 0.3 is 11.9 Å². The lowest BCUT2D eigenvalue weighted by Crippen LogP contribution is -2.25. The molecule has 3 atom stereocenters. The van der Waals surface area contributed by atoms with E-state index in [-0.39, 0.29) is 24.7 Å². The Bertz CT molecular complexity index is 805. The van der Waals surface area contributed by atoms with Gasteiger partial charge < -0.3 is 19.3 Å². The van der Waals surface area contributed by atoms with E-state index in [0.29, 0.717) is 24.0 Å². The first-order valence-corrected chi connectivity index (χ1v) is 12.3. The summed E-state index contributed by atoms with van der Waals surface area (Å²) in [4.78, 5) is 23.7. The van der Waals surface area contributed by atoms with Crippen LogP contribution in [0, 0.1) is 5.92 Å². The fourth-order valence-electron chi connectivity index (χ4n) is 4.02. The number of benzene rings is 1. The Morgan fingerprint density at radius 1 is 1.09 bits per heavy atom. The number of carbonyl (C=O) groups excluding carboxylic acids is 2. The zero-order valence-corrected chi connectivity index (χ0v) is 20.7. The van der Waals surface area contributed by atoms with Crippen LogP contribution in [0.4, 0.5) is 0 Å². The molecule has 0 saturated carbocycles. The van der Waals surface area contributed by atoms with Crippen molar-refractivity contribution >= 4 is 11.9 Å². The molecule has 0 amide bonds. The molecule has 1 aliphatic rings. The molecule has 1 N–H and O–H groups in total. The van der Waals surface area contributed by atoms with Gasteiger partial charge in [0, 0.05) is 17.4 Å². The average molecular weight is 473 g/mol. The standard InChI is InChI=1S/C28H40O6/c1-5-6-7-8-26-14-13-25(19-32-26)24-11-9-22(10-12-24)15-23(17-33-27(30)20(2)3)18-34-28(31)21(4)16-29/h9-12,23,25-26,29H,2,4-8,13-19H2,1,3H3. The van der Waals surface area contributed by atoms with E-state index in [0.717, 1.165) is 31.4 Å². The van der Waals surface area contributed by atoms with Gasteiger partial charge in [-0.1, -0.05) is 63.6 Å². The summed E-state index contributed by atoms with van der Waals surface area (Å²) in [6, 6.07) is 8.42. The lowest BCUT2D eigenvalue weighted by Gasteiger charge is -2.29. The van der Waals surface area contributed by atoms with Crippen molar-refractivity contribution in [3.05, 3.63) is 59.7 Å². The third-order valence-electron chi connectivity index (χ3n) is 6.20. The SMILES string of the molecule is C=C(C)C(=O)OCC(COC(=O)C(=C)CO)Cc1ccc(C2CCC(CCCCC)OC2)cc1. The summed E-state index contributed by atoms with van der Waals surface area (Å²) in [5.41, 5.74) is 2.64. The van der Waals surface area contributed by atoms with E-state index >= 15 is 0 Å². The average Bonchev–Trinajstić information content (AvgIpc) is 2.85. The summed E-state index contributed by atoms with van der Waals surface area (Å²) in [6.45, 7) is 11.3. The summed E-state index contributed by atoms with van der Waals surface area (Å²) in [5.74, 6) is -0.947. The monoisotopic (exact) mass is 472 g/mol. The lowest BCUT2D eigenvalue weighted by molar-refractivity contribution is -0.144. The third kappa shape index (κ3) is 9.43. The Labute approximate surface area is 204 Å². The molecule has 3 unspecified atom stereocenters. The van der Waals surface area contributed by atoms with Crippen LogP contribution in [0.1, 0.15) is 69.4 Å². The number of hydrogen-bond donors (Lipinski definition) is 1. The Morgan fingerprint density at radius 3 is 2.32 bits per heavy atom. The highest BCUT2D eigenvalue weighted by Crippen LogP contribution is 2.30. The topological polar surface area (TPSA) is 82.1 Å². The normalized spacial score (nSPS) is 18.7. The molecule has 0 aromatic heterocycles. The van der Waals surface area contributed by atoms with Gasteiger partial charge in [0.1, 0.15) is 0 Å². The van der Waals surface area contributed by atoms with Crippen molar-refractivity contribution in [1.82, 2.24) is 0 Å². The largest absolute Gasteiger partial charge is 0.462 e. The molecule has 0 aliphatic carbocycles. The van der Waals surface area contributed by atoms with Gasteiger partial charge in [0.2, 0.25) is 0 Å². The molecule has 1 saturated heterocycles. The zero-order chi connectivity index (χ0) is 24.9. The second-order valence-corrected chi connectivity index (χ2v) is 9.28. The molecule has 1 aromatic carbocycles. The van der Waals surface area contributed by atoms with Gasteiger partial charge in [0.15, 0.2) is 0 Å². The van der Waals surface area contributed by atoms with Gasteiger partial charge in [-0.15, -0.1) is 0 Å². The van der Waals surface area contributed by atoms with Crippen LogP contribution >= 0.6 is 0 Å². The molecule has 0 bridgehead atoms. The molecule has 0 spiro atoms. The van der Waals surface area contributed by atoms with E-state index in [2.05, 4.69) is 44.3 Å². The second kappa shape index (κ2) is 14.7. The minimum atomic E-state index is -0.653. The fraction of sp³-hybridized carbons (Fsp3) is 0.571. The summed E-state index contributed by atoms with van der Waals surface area (Å²) in [6.07, 6.45) is 8.13. The van der Waals surface area contributed by atoms with E-state index in [1.54, 1.807) is 6.92 Å². The Hall–Kier alpha value is -2.44. The zero-order valence-electron chi connectivity index (χ0n) is 20.7. The highest BCUT2D eigenvalue weighted by molar-refractivity contribution is 5.88. The molecule has 1 aliphatic heterocycles. The number of aliphatic hydroxyl groups is 1. The number of esters is 2. The van der Waals surface area contributed by atoms with Crippen LogP contribution < -0.4 is 0 Å². The summed E-state index contributed by atoms with van der Waals surface area (Å²) >= 11 is 0. The maximum atomic E-state index is 11.9. The maximum Gasteiger partial charge on any atom is 0.335 e. The molecule has 6 heteroatoms. The first kappa shape index (κ1) is 27.8. The van der Waals surface area contributed by atoms with Crippen LogP contribution in [-0.4, -0.2) is 49.6 Å². The van der Waals surface area contributed by atoms with Crippen LogP contribution in [0.5, 0.6) is 0 Å². The molecule has 1 fully saturated rings. The molecular formula is C28H40O6. The molecular weight excluding hydrogens is 432 g/mol. The Morgan fingerprint density at radius 2 is 1.76 bits per heavy atom. The number of carbonyl (C=O) groups is 2. The smallest absolute Gasteiger partial charge is 0.335 e. The van der Waals surface area contributed by atoms with E-state index in [9.17, 15) is 9.59 Å². The van der Waals surface area contributed by atoms with Crippen LogP contribution in [-0.2, 0) is 30.2 Å². The molecule has 34 heavy (non-hydrogen) atoms. The minimum absolute atomic E-state index is 0.00987. The van der Waals surface area contributed by atoms with Crippen LogP contribution in [0.15, 0.2) is 48.6 Å².